The highest BCUT2D eigenvalue weighted by atomic mass is 19.1. The minimum Gasteiger partial charge on any atom is -0.462 e. The number of carbonyl (C=O) groups is 3. The minimum absolute atomic E-state index is 0.160. The number of rotatable bonds is 6. The number of hydrogen-bond acceptors (Lipinski definition) is 4. The lowest BCUT2D eigenvalue weighted by molar-refractivity contribution is -0.136. The monoisotopic (exact) mass is 554 g/mol. The number of anilines is 1. The highest BCUT2D eigenvalue weighted by Gasteiger charge is 2.37. The number of ether oxygens (including phenoxy) is 1. The zero-order valence-corrected chi connectivity index (χ0v) is 23.1. The number of hydrogen-bond donors (Lipinski definition) is 3. The van der Waals surface area contributed by atoms with Gasteiger partial charge in [-0.25, -0.2) is 14.0 Å². The van der Waals surface area contributed by atoms with Crippen LogP contribution in [-0.4, -0.2) is 40.9 Å². The van der Waals surface area contributed by atoms with E-state index in [2.05, 4.69) is 15.6 Å². The van der Waals surface area contributed by atoms with Gasteiger partial charge < -0.3 is 25.3 Å². The van der Waals surface area contributed by atoms with E-state index in [1.807, 2.05) is 56.3 Å². The lowest BCUT2D eigenvalue weighted by Crippen LogP contribution is -2.37. The van der Waals surface area contributed by atoms with Gasteiger partial charge in [-0.2, -0.15) is 0 Å². The van der Waals surface area contributed by atoms with Gasteiger partial charge in [0, 0.05) is 46.9 Å². The van der Waals surface area contributed by atoms with Crippen LogP contribution >= 0.6 is 0 Å². The Kier molecular flexibility index (Phi) is 7.61. The third-order valence-corrected chi connectivity index (χ3v) is 7.00. The number of fused-ring (bicyclic) bond motifs is 3. The maximum atomic E-state index is 13.5. The first-order valence-corrected chi connectivity index (χ1v) is 13.4. The molecular formula is C32H31FN4O4. The maximum Gasteiger partial charge on any atom is 0.341 e. The molecule has 210 valence electrons. The summed E-state index contributed by atoms with van der Waals surface area (Å²) < 4.78 is 18.9. The molecule has 0 bridgehead atoms. The summed E-state index contributed by atoms with van der Waals surface area (Å²) in [5.74, 6) is -1.39. The predicted octanol–water partition coefficient (Wildman–Crippen LogP) is 5.97. The number of nitrogens with zero attached hydrogens (tertiary/aromatic N) is 1. The quantitative estimate of drug-likeness (QED) is 0.256. The summed E-state index contributed by atoms with van der Waals surface area (Å²) in [5, 5.41) is 6.54. The first-order chi connectivity index (χ1) is 19.7. The van der Waals surface area contributed by atoms with E-state index in [0.717, 1.165) is 22.0 Å². The van der Waals surface area contributed by atoms with Gasteiger partial charge in [-0.15, -0.1) is 0 Å². The molecule has 0 fully saturated rings. The number of esters is 1. The van der Waals surface area contributed by atoms with Crippen molar-refractivity contribution in [2.45, 2.75) is 32.7 Å². The molecule has 0 atom stereocenters. The highest BCUT2D eigenvalue weighted by Crippen LogP contribution is 2.41. The number of urea groups is 1. The van der Waals surface area contributed by atoms with E-state index in [-0.39, 0.29) is 30.7 Å². The van der Waals surface area contributed by atoms with Crippen LogP contribution in [0.15, 0.2) is 79.0 Å². The van der Waals surface area contributed by atoms with Gasteiger partial charge in [-0.1, -0.05) is 44.2 Å². The molecule has 9 heteroatoms. The van der Waals surface area contributed by atoms with Gasteiger partial charge >= 0.3 is 12.0 Å². The van der Waals surface area contributed by atoms with Crippen LogP contribution in [-0.2, 0) is 21.5 Å². The van der Waals surface area contributed by atoms with Gasteiger partial charge in [-0.05, 0) is 60.5 Å². The van der Waals surface area contributed by atoms with Crippen molar-refractivity contribution in [3.63, 3.8) is 0 Å². The highest BCUT2D eigenvalue weighted by molar-refractivity contribution is 6.18. The number of nitrogens with one attached hydrogen (secondary N) is 3. The molecular weight excluding hydrogens is 523 g/mol. The Bertz CT molecular complexity index is 1640. The van der Waals surface area contributed by atoms with Gasteiger partial charge in [0.2, 0.25) is 0 Å². The van der Waals surface area contributed by atoms with E-state index in [1.165, 1.54) is 35.4 Å². The number of carbonyl (C=O) groups excluding carboxylic acids is 3. The predicted molar refractivity (Wildman–Crippen MR) is 156 cm³/mol. The second-order valence-corrected chi connectivity index (χ2v) is 10.5. The van der Waals surface area contributed by atoms with Crippen LogP contribution in [0.4, 0.5) is 14.9 Å². The van der Waals surface area contributed by atoms with Crippen LogP contribution in [0.1, 0.15) is 48.0 Å². The van der Waals surface area contributed by atoms with Gasteiger partial charge in [0.15, 0.2) is 0 Å². The molecule has 8 nitrogen and oxygen atoms in total. The van der Waals surface area contributed by atoms with Gasteiger partial charge in [0.1, 0.15) is 5.82 Å². The van der Waals surface area contributed by atoms with Crippen molar-refractivity contribution in [2.75, 3.05) is 18.5 Å². The fourth-order valence-electron chi connectivity index (χ4n) is 5.15. The first kappa shape index (κ1) is 27.6. The lowest BCUT2D eigenvalue weighted by Gasteiger charge is -2.29. The van der Waals surface area contributed by atoms with Crippen LogP contribution in [0.2, 0.25) is 0 Å². The molecule has 4 aromatic rings. The fraction of sp³-hybridized carbons (Fsp3) is 0.219. The van der Waals surface area contributed by atoms with Crippen molar-refractivity contribution in [1.82, 2.24) is 15.2 Å². The third-order valence-electron chi connectivity index (χ3n) is 7.00. The number of benzene rings is 3. The Morgan fingerprint density at radius 2 is 1.76 bits per heavy atom. The van der Waals surface area contributed by atoms with Crippen LogP contribution in [0.25, 0.3) is 16.5 Å². The molecule has 3 N–H and O–H groups in total. The molecule has 1 aliphatic heterocycles. The van der Waals surface area contributed by atoms with Crippen molar-refractivity contribution in [3.8, 4) is 0 Å². The minimum atomic E-state index is -0.637. The number of aromatic nitrogens is 1. The van der Waals surface area contributed by atoms with Crippen molar-refractivity contribution in [3.05, 3.63) is 107 Å². The number of H-pyrrole nitrogens is 1. The van der Waals surface area contributed by atoms with Crippen LogP contribution in [0.3, 0.4) is 0 Å². The first-order valence-electron chi connectivity index (χ1n) is 13.4. The topological polar surface area (TPSA) is 104 Å². The zero-order valence-electron chi connectivity index (χ0n) is 23.1. The molecule has 0 radical (unpaired) electrons. The Labute approximate surface area is 237 Å². The zero-order chi connectivity index (χ0) is 29.1. The summed E-state index contributed by atoms with van der Waals surface area (Å²) in [4.78, 5) is 44.2. The Hall–Kier alpha value is -4.92. The Balaban J connectivity index is 1.50. The van der Waals surface area contributed by atoms with Gasteiger partial charge in [-0.3, -0.25) is 4.79 Å². The summed E-state index contributed by atoms with van der Waals surface area (Å²) in [6.45, 7) is 6.46. The van der Waals surface area contributed by atoms with Gasteiger partial charge in [0.05, 0.1) is 17.9 Å². The van der Waals surface area contributed by atoms with Crippen molar-refractivity contribution < 1.29 is 23.5 Å². The molecule has 0 aliphatic carbocycles. The molecule has 0 saturated carbocycles. The van der Waals surface area contributed by atoms with E-state index in [1.54, 1.807) is 13.0 Å². The molecule has 2 heterocycles. The number of halogens is 1. The average Bonchev–Trinajstić information content (AvgIpc) is 3.29. The summed E-state index contributed by atoms with van der Waals surface area (Å²) in [5.41, 5.74) is 3.55. The molecule has 0 saturated heterocycles. The SMILES string of the molecule is CCOC(=O)C1=CN(C(=O)c2ccc(F)cc2)CC(C)(C)c2c1[nH]c1ccc(NC(=O)NCc3ccccc3)cc21. The van der Waals surface area contributed by atoms with Crippen molar-refractivity contribution >= 4 is 40.1 Å². The molecule has 3 aromatic carbocycles. The van der Waals surface area contributed by atoms with E-state index in [0.29, 0.717) is 23.5 Å². The van der Waals surface area contributed by atoms with Gasteiger partial charge in [0.25, 0.3) is 5.91 Å². The summed E-state index contributed by atoms with van der Waals surface area (Å²) >= 11 is 0. The fourth-order valence-corrected chi connectivity index (χ4v) is 5.15. The third kappa shape index (κ3) is 5.84. The molecule has 41 heavy (non-hydrogen) atoms. The number of amides is 3. The standard InChI is InChI=1S/C32H31FN4O4/c1-4-41-30(39)25-18-37(29(38)21-10-12-22(33)13-11-21)19-32(2,3)27-24-16-23(14-15-26(24)36-28(25)27)35-31(40)34-17-20-8-6-5-7-9-20/h5-16,18,36H,4,17,19H2,1-3H3,(H2,34,35,40). The normalized spacial score (nSPS) is 14.0. The molecule has 0 unspecified atom stereocenters. The van der Waals surface area contributed by atoms with Crippen LogP contribution in [0, 0.1) is 5.82 Å². The van der Waals surface area contributed by atoms with E-state index >= 15 is 0 Å². The second kappa shape index (κ2) is 11.3. The second-order valence-electron chi connectivity index (χ2n) is 10.5. The van der Waals surface area contributed by atoms with E-state index in [4.69, 9.17) is 4.74 Å². The molecule has 0 spiro atoms. The Morgan fingerprint density at radius 3 is 2.46 bits per heavy atom. The van der Waals surface area contributed by atoms with Crippen LogP contribution in [0.5, 0.6) is 0 Å². The number of aromatic amines is 1. The molecule has 1 aromatic heterocycles. The van der Waals surface area contributed by atoms with Crippen LogP contribution < -0.4 is 10.6 Å². The molecule has 3 amide bonds. The van der Waals surface area contributed by atoms with E-state index < -0.39 is 17.2 Å². The van der Waals surface area contributed by atoms with Crippen molar-refractivity contribution in [2.24, 2.45) is 0 Å². The maximum absolute atomic E-state index is 13.5. The van der Waals surface area contributed by atoms with Crippen molar-refractivity contribution in [1.29, 1.82) is 0 Å². The van der Waals surface area contributed by atoms with E-state index in [9.17, 15) is 18.8 Å². The molecule has 1 aliphatic rings. The molecule has 5 rings (SSSR count). The summed E-state index contributed by atoms with van der Waals surface area (Å²) in [7, 11) is 0. The average molecular weight is 555 g/mol. The largest absolute Gasteiger partial charge is 0.462 e. The Morgan fingerprint density at radius 1 is 1.02 bits per heavy atom. The summed E-state index contributed by atoms with van der Waals surface area (Å²) in [6, 6.07) is 20.0. The summed E-state index contributed by atoms with van der Waals surface area (Å²) in [6.07, 6.45) is 1.50. The lowest BCUT2D eigenvalue weighted by atomic mass is 9.81. The smallest absolute Gasteiger partial charge is 0.341 e.